The number of hydrogen-bond donors (Lipinski definition) is 0. The number of rotatable bonds is 6. The Hall–Kier alpha value is -0.312. The molecule has 2 atom stereocenters. The van der Waals surface area contributed by atoms with Gasteiger partial charge in [-0.1, -0.05) is 0 Å². The SMILES string of the molecule is C[Si]1O[Si](C)O[Si](C)(CCCC#N)O[Si](C)(CCCC#N)O1. The average Bonchev–Trinajstić information content (AvgIpc) is 2.36. The Morgan fingerprint density at radius 1 is 0.864 bits per heavy atom. The van der Waals surface area contributed by atoms with Crippen LogP contribution in [-0.4, -0.2) is 35.7 Å². The molecule has 2 unspecified atom stereocenters. The molecule has 122 valence electrons. The first kappa shape index (κ1) is 19.7. The van der Waals surface area contributed by atoms with Crippen LogP contribution in [-0.2, 0) is 16.5 Å². The molecule has 0 spiro atoms. The molecule has 0 N–H and O–H groups in total. The van der Waals surface area contributed by atoms with E-state index in [4.69, 9.17) is 27.0 Å². The van der Waals surface area contributed by atoms with E-state index in [0.717, 1.165) is 24.9 Å². The zero-order valence-corrected chi connectivity index (χ0v) is 17.8. The van der Waals surface area contributed by atoms with Gasteiger partial charge in [0.2, 0.25) is 0 Å². The van der Waals surface area contributed by atoms with Crippen molar-refractivity contribution in [1.82, 2.24) is 0 Å². The van der Waals surface area contributed by atoms with Crippen LogP contribution >= 0.6 is 0 Å². The molecule has 0 saturated carbocycles. The summed E-state index contributed by atoms with van der Waals surface area (Å²) in [7, 11) is -7.56. The quantitative estimate of drug-likeness (QED) is 0.526. The Bertz CT molecular complexity index is 406. The topological polar surface area (TPSA) is 84.5 Å². The largest absolute Gasteiger partial charge is 0.416 e. The zero-order valence-electron chi connectivity index (χ0n) is 13.8. The van der Waals surface area contributed by atoms with Crippen molar-refractivity contribution >= 4 is 35.7 Å². The van der Waals surface area contributed by atoms with Gasteiger partial charge in [-0.2, -0.15) is 10.5 Å². The first-order valence-corrected chi connectivity index (χ1v) is 16.2. The molecule has 0 aromatic carbocycles. The average molecular weight is 373 g/mol. The van der Waals surface area contributed by atoms with Gasteiger partial charge in [0.25, 0.3) is 0 Å². The molecule has 1 fully saturated rings. The van der Waals surface area contributed by atoms with Crippen molar-refractivity contribution in [3.05, 3.63) is 0 Å². The molecule has 0 aromatic heterocycles. The van der Waals surface area contributed by atoms with Crippen LogP contribution in [0.3, 0.4) is 0 Å². The number of nitriles is 2. The van der Waals surface area contributed by atoms with Crippen molar-refractivity contribution in [2.24, 2.45) is 0 Å². The summed E-state index contributed by atoms with van der Waals surface area (Å²) >= 11 is 0. The molecule has 22 heavy (non-hydrogen) atoms. The van der Waals surface area contributed by atoms with Crippen molar-refractivity contribution in [3.63, 3.8) is 0 Å². The van der Waals surface area contributed by atoms with Crippen LogP contribution < -0.4 is 0 Å². The molecule has 6 nitrogen and oxygen atoms in total. The third-order valence-corrected chi connectivity index (χ3v) is 17.3. The molecule has 1 rings (SSSR count). The fourth-order valence-corrected chi connectivity index (χ4v) is 18.1. The van der Waals surface area contributed by atoms with Crippen LogP contribution in [0.2, 0.25) is 38.3 Å². The van der Waals surface area contributed by atoms with E-state index in [-0.39, 0.29) is 0 Å². The second-order valence-electron chi connectivity index (χ2n) is 5.68. The molecule has 1 aliphatic rings. The summed E-state index contributed by atoms with van der Waals surface area (Å²) in [5.74, 6) is 0. The maximum atomic E-state index is 8.74. The van der Waals surface area contributed by atoms with Crippen LogP contribution in [0.1, 0.15) is 25.7 Å². The second kappa shape index (κ2) is 9.10. The Kier molecular flexibility index (Phi) is 8.16. The van der Waals surface area contributed by atoms with Gasteiger partial charge in [-0.05, 0) is 51.1 Å². The van der Waals surface area contributed by atoms with E-state index in [1.54, 1.807) is 0 Å². The van der Waals surface area contributed by atoms with Gasteiger partial charge in [0.1, 0.15) is 0 Å². The van der Waals surface area contributed by atoms with Gasteiger partial charge < -0.3 is 16.5 Å². The number of unbranched alkanes of at least 4 members (excludes halogenated alkanes) is 2. The van der Waals surface area contributed by atoms with Gasteiger partial charge in [0, 0.05) is 12.8 Å². The van der Waals surface area contributed by atoms with Gasteiger partial charge in [-0.25, -0.2) is 0 Å². The molecule has 1 heterocycles. The highest BCUT2D eigenvalue weighted by Gasteiger charge is 2.47. The fourth-order valence-electron chi connectivity index (χ4n) is 2.53. The van der Waals surface area contributed by atoms with E-state index in [1.165, 1.54) is 0 Å². The molecular formula is C12H24N2O4Si4. The zero-order chi connectivity index (χ0) is 16.6. The Morgan fingerprint density at radius 3 is 1.64 bits per heavy atom. The van der Waals surface area contributed by atoms with E-state index in [1.807, 2.05) is 26.2 Å². The first-order chi connectivity index (χ1) is 10.3. The van der Waals surface area contributed by atoms with Crippen molar-refractivity contribution in [3.8, 4) is 12.1 Å². The molecule has 1 saturated heterocycles. The minimum Gasteiger partial charge on any atom is -0.416 e. The smallest absolute Gasteiger partial charge is 0.362 e. The van der Waals surface area contributed by atoms with Gasteiger partial charge in [-0.3, -0.25) is 0 Å². The Balaban J connectivity index is 2.82. The molecule has 2 radical (unpaired) electrons. The van der Waals surface area contributed by atoms with Gasteiger partial charge in [-0.15, -0.1) is 0 Å². The van der Waals surface area contributed by atoms with Gasteiger partial charge >= 0.3 is 35.7 Å². The summed E-state index contributed by atoms with van der Waals surface area (Å²) in [6, 6.07) is 5.90. The second-order valence-corrected chi connectivity index (χ2v) is 16.4. The third-order valence-electron chi connectivity index (χ3n) is 3.28. The van der Waals surface area contributed by atoms with Crippen molar-refractivity contribution in [2.45, 2.75) is 64.0 Å². The lowest BCUT2D eigenvalue weighted by Crippen LogP contribution is -2.59. The highest BCUT2D eigenvalue weighted by molar-refractivity contribution is 6.86. The summed E-state index contributed by atoms with van der Waals surface area (Å²) in [6.07, 6.45) is 2.58. The summed E-state index contributed by atoms with van der Waals surface area (Å²) in [4.78, 5) is 0. The molecule has 0 aromatic rings. The van der Waals surface area contributed by atoms with Crippen molar-refractivity contribution in [1.29, 1.82) is 10.5 Å². The lowest BCUT2D eigenvalue weighted by atomic mass is 10.4. The molecule has 1 aliphatic heterocycles. The maximum absolute atomic E-state index is 8.74. The summed E-state index contributed by atoms with van der Waals surface area (Å²) in [5, 5.41) is 17.5. The van der Waals surface area contributed by atoms with Crippen LogP contribution in [0.25, 0.3) is 0 Å². The van der Waals surface area contributed by atoms with E-state index >= 15 is 0 Å². The molecule has 0 amide bonds. The minimum atomic E-state index is -2.41. The predicted molar refractivity (Wildman–Crippen MR) is 90.1 cm³/mol. The lowest BCUT2D eigenvalue weighted by Gasteiger charge is -2.42. The van der Waals surface area contributed by atoms with E-state index in [9.17, 15) is 0 Å². The van der Waals surface area contributed by atoms with Gasteiger partial charge in [0.15, 0.2) is 0 Å². The van der Waals surface area contributed by atoms with Gasteiger partial charge in [0.05, 0.1) is 12.1 Å². The lowest BCUT2D eigenvalue weighted by molar-refractivity contribution is 0.254. The number of hydrogen-bond acceptors (Lipinski definition) is 6. The van der Waals surface area contributed by atoms with Crippen molar-refractivity contribution in [2.75, 3.05) is 0 Å². The molecular weight excluding hydrogens is 348 g/mol. The normalized spacial score (nSPS) is 31.0. The van der Waals surface area contributed by atoms with E-state index in [2.05, 4.69) is 12.1 Å². The maximum Gasteiger partial charge on any atom is 0.362 e. The standard InChI is InChI=1S/C12H24N2O4Si4/c1-19-15-20(2)17-22(4,12-8-6-10-14)18-21(3,16-19)11-7-5-9-13/h5-8,11-12H2,1-4H3. The third kappa shape index (κ3) is 6.85. The fraction of sp³-hybridized carbons (Fsp3) is 0.833. The highest BCUT2D eigenvalue weighted by Crippen LogP contribution is 2.30. The summed E-state index contributed by atoms with van der Waals surface area (Å²) < 4.78 is 24.8. The predicted octanol–water partition coefficient (Wildman–Crippen LogP) is 3.05. The summed E-state index contributed by atoms with van der Waals surface area (Å²) in [6.45, 7) is 8.05. The minimum absolute atomic E-state index is 0.512. The molecule has 0 aliphatic carbocycles. The van der Waals surface area contributed by atoms with E-state index < -0.39 is 35.7 Å². The molecule has 10 heteroatoms. The Morgan fingerprint density at radius 2 is 1.27 bits per heavy atom. The van der Waals surface area contributed by atoms with E-state index in [0.29, 0.717) is 12.8 Å². The van der Waals surface area contributed by atoms with Crippen LogP contribution in [0.15, 0.2) is 0 Å². The Labute approximate surface area is 139 Å². The number of nitrogens with zero attached hydrogens (tertiary/aromatic N) is 2. The highest BCUT2D eigenvalue weighted by atomic mass is 28.5. The first-order valence-electron chi connectivity index (χ1n) is 7.49. The van der Waals surface area contributed by atoms with Crippen LogP contribution in [0, 0.1) is 22.7 Å². The monoisotopic (exact) mass is 372 g/mol. The van der Waals surface area contributed by atoms with Crippen molar-refractivity contribution < 1.29 is 16.5 Å². The summed E-state index contributed by atoms with van der Waals surface area (Å²) in [5.41, 5.74) is 0. The molecule has 0 bridgehead atoms. The van der Waals surface area contributed by atoms with Crippen LogP contribution in [0.5, 0.6) is 0 Å². The van der Waals surface area contributed by atoms with Crippen LogP contribution in [0.4, 0.5) is 0 Å².